The lowest BCUT2D eigenvalue weighted by Crippen LogP contribution is -2.40. The van der Waals surface area contributed by atoms with Gasteiger partial charge in [-0.25, -0.2) is 9.97 Å². The smallest absolute Gasteiger partial charge is 0.250 e. The summed E-state index contributed by atoms with van der Waals surface area (Å²) in [5.41, 5.74) is 0.635. The van der Waals surface area contributed by atoms with Gasteiger partial charge in [0.15, 0.2) is 5.82 Å². The van der Waals surface area contributed by atoms with Crippen molar-refractivity contribution < 1.29 is 0 Å². The lowest BCUT2D eigenvalue weighted by molar-refractivity contribution is 0.182. The Morgan fingerprint density at radius 3 is 2.23 bits per heavy atom. The van der Waals surface area contributed by atoms with Crippen LogP contribution in [0.5, 0.6) is 0 Å². The molecular weight excluding hydrogens is 437 g/mol. The number of aromatic nitrogens is 2. The molecule has 1 N–H and O–H groups in total. The first-order valence-corrected chi connectivity index (χ1v) is 9.65. The van der Waals surface area contributed by atoms with Crippen molar-refractivity contribution >= 4 is 75.5 Å². The van der Waals surface area contributed by atoms with E-state index < -0.39 is 3.79 Å². The zero-order valence-corrected chi connectivity index (χ0v) is 18.9. The minimum atomic E-state index is -1.70. The highest BCUT2D eigenvalue weighted by atomic mass is 35.6. The minimum absolute atomic E-state index is 0. The Morgan fingerprint density at radius 1 is 1.08 bits per heavy atom. The maximum atomic E-state index is 6.07. The first kappa shape index (κ1) is 23.8. The molecule has 9 heteroatoms. The fraction of sp³-hybridized carbons (Fsp3) is 0.529. The highest BCUT2D eigenvalue weighted by Gasteiger charge is 2.28. The molecule has 1 aromatic heterocycles. The number of nitrogens with zero attached hydrogens (tertiary/aromatic N) is 3. The van der Waals surface area contributed by atoms with Crippen LogP contribution < -0.4 is 5.32 Å². The predicted molar refractivity (Wildman–Crippen MR) is 117 cm³/mol. The molecule has 1 aromatic carbocycles. The molecule has 4 nitrogen and oxygen atoms in total. The molecule has 0 saturated carbocycles. The van der Waals surface area contributed by atoms with Crippen molar-refractivity contribution in [3.63, 3.8) is 0 Å². The van der Waals surface area contributed by atoms with Gasteiger partial charge in [-0.05, 0) is 45.9 Å². The summed E-state index contributed by atoms with van der Waals surface area (Å²) >= 11 is 24.0. The molecule has 26 heavy (non-hydrogen) atoms. The van der Waals surface area contributed by atoms with Crippen LogP contribution in [-0.2, 0) is 3.79 Å². The maximum Gasteiger partial charge on any atom is 0.250 e. The molecule has 0 saturated heterocycles. The van der Waals surface area contributed by atoms with Crippen LogP contribution in [0.15, 0.2) is 18.2 Å². The number of rotatable bonds is 6. The van der Waals surface area contributed by atoms with E-state index in [0.717, 1.165) is 11.9 Å². The molecule has 2 aromatic rings. The Kier molecular flexibility index (Phi) is 8.98. The Bertz CT molecular complexity index is 723. The first-order valence-electron chi connectivity index (χ1n) is 8.13. The molecule has 0 bridgehead atoms. The van der Waals surface area contributed by atoms with Crippen molar-refractivity contribution in [2.24, 2.45) is 0 Å². The van der Waals surface area contributed by atoms with Gasteiger partial charge in [0.05, 0.1) is 5.52 Å². The van der Waals surface area contributed by atoms with Gasteiger partial charge < -0.3 is 5.32 Å². The molecule has 0 fully saturated rings. The van der Waals surface area contributed by atoms with Gasteiger partial charge in [-0.15, -0.1) is 12.4 Å². The maximum absolute atomic E-state index is 6.07. The van der Waals surface area contributed by atoms with E-state index in [1.54, 1.807) is 12.1 Å². The molecule has 0 amide bonds. The molecular formula is C17H23Cl5N4. The molecule has 146 valence electrons. The van der Waals surface area contributed by atoms with Crippen molar-refractivity contribution in [1.29, 1.82) is 0 Å². The summed E-state index contributed by atoms with van der Waals surface area (Å²) in [5.74, 6) is 0.759. The van der Waals surface area contributed by atoms with Crippen molar-refractivity contribution in [3.8, 4) is 0 Å². The summed E-state index contributed by atoms with van der Waals surface area (Å²) in [7, 11) is 0. The van der Waals surface area contributed by atoms with Gasteiger partial charge in [0.1, 0.15) is 5.82 Å². The predicted octanol–water partition coefficient (Wildman–Crippen LogP) is 6.06. The topological polar surface area (TPSA) is 41.0 Å². The summed E-state index contributed by atoms with van der Waals surface area (Å²) in [6.45, 7) is 10.3. The van der Waals surface area contributed by atoms with Crippen LogP contribution in [0.25, 0.3) is 10.9 Å². The van der Waals surface area contributed by atoms with Crippen molar-refractivity contribution in [2.45, 2.75) is 43.6 Å². The van der Waals surface area contributed by atoms with E-state index in [1.165, 1.54) is 0 Å². The Morgan fingerprint density at radius 2 is 1.69 bits per heavy atom. The summed E-state index contributed by atoms with van der Waals surface area (Å²) in [6.07, 6.45) is 0. The van der Waals surface area contributed by atoms with Crippen LogP contribution in [0.2, 0.25) is 5.02 Å². The highest BCUT2D eigenvalue weighted by Crippen LogP contribution is 2.37. The summed E-state index contributed by atoms with van der Waals surface area (Å²) in [6, 6.07) is 6.31. The van der Waals surface area contributed by atoms with E-state index >= 15 is 0 Å². The van der Waals surface area contributed by atoms with E-state index in [-0.39, 0.29) is 18.2 Å². The Hall–Kier alpha value is -0.230. The number of hydrogen-bond acceptors (Lipinski definition) is 4. The fourth-order valence-electron chi connectivity index (χ4n) is 2.78. The highest BCUT2D eigenvalue weighted by molar-refractivity contribution is 6.66. The number of anilines is 1. The van der Waals surface area contributed by atoms with Crippen molar-refractivity contribution in [1.82, 2.24) is 14.9 Å². The zero-order valence-electron chi connectivity index (χ0n) is 15.1. The number of benzene rings is 1. The number of nitrogens with one attached hydrogen (secondary N) is 1. The third-order valence-electron chi connectivity index (χ3n) is 3.90. The van der Waals surface area contributed by atoms with Gasteiger partial charge in [-0.1, -0.05) is 46.4 Å². The van der Waals surface area contributed by atoms with E-state index in [2.05, 4.69) is 47.9 Å². The van der Waals surface area contributed by atoms with Gasteiger partial charge >= 0.3 is 0 Å². The van der Waals surface area contributed by atoms with E-state index in [0.29, 0.717) is 35.0 Å². The van der Waals surface area contributed by atoms with Gasteiger partial charge in [-0.2, -0.15) is 0 Å². The van der Waals surface area contributed by atoms with Gasteiger partial charge in [0, 0.05) is 35.6 Å². The van der Waals surface area contributed by atoms with Gasteiger partial charge in [0.25, 0.3) is 0 Å². The molecule has 0 unspecified atom stereocenters. The second-order valence-electron chi connectivity index (χ2n) is 6.41. The van der Waals surface area contributed by atoms with Crippen LogP contribution in [0.4, 0.5) is 5.82 Å². The number of alkyl halides is 3. The molecule has 0 radical (unpaired) electrons. The average molecular weight is 461 g/mol. The molecule has 2 rings (SSSR count). The van der Waals surface area contributed by atoms with Crippen LogP contribution in [0.1, 0.15) is 33.5 Å². The number of fused-ring (bicyclic) bond motifs is 1. The fourth-order valence-corrected chi connectivity index (χ4v) is 3.20. The zero-order chi connectivity index (χ0) is 18.8. The minimum Gasteiger partial charge on any atom is -0.368 e. The van der Waals surface area contributed by atoms with E-state index in [4.69, 9.17) is 46.4 Å². The second-order valence-corrected chi connectivity index (χ2v) is 9.12. The standard InChI is InChI=1S/C17H22Cl4N4.ClH/c1-10(2)25(11(3)4)8-7-22-15-13-6-5-12(18)9-14(13)23-16(24-15)17(19,20)21;/h5-6,9-11H,7-8H2,1-4H3,(H,22,23,24);1H. The second kappa shape index (κ2) is 9.81. The van der Waals surface area contributed by atoms with Crippen LogP contribution in [0.3, 0.4) is 0 Å². The number of hydrogen-bond donors (Lipinski definition) is 1. The van der Waals surface area contributed by atoms with Crippen molar-refractivity contribution in [2.75, 3.05) is 18.4 Å². The van der Waals surface area contributed by atoms with Crippen LogP contribution >= 0.6 is 58.8 Å². The monoisotopic (exact) mass is 458 g/mol. The van der Waals surface area contributed by atoms with Crippen LogP contribution in [-0.4, -0.2) is 40.0 Å². The third-order valence-corrected chi connectivity index (χ3v) is 4.64. The lowest BCUT2D eigenvalue weighted by atomic mass is 10.2. The third kappa shape index (κ3) is 6.15. The normalized spacial score (nSPS) is 12.1. The average Bonchev–Trinajstić information content (AvgIpc) is 2.48. The quantitative estimate of drug-likeness (QED) is 0.532. The summed E-state index contributed by atoms with van der Waals surface area (Å²) in [5, 5.41) is 4.75. The summed E-state index contributed by atoms with van der Waals surface area (Å²) < 4.78 is -1.70. The Balaban J connectivity index is 0.00000338. The Labute approximate surface area is 181 Å². The largest absolute Gasteiger partial charge is 0.368 e. The van der Waals surface area contributed by atoms with Gasteiger partial charge in [-0.3, -0.25) is 4.90 Å². The van der Waals surface area contributed by atoms with E-state index in [1.807, 2.05) is 6.07 Å². The van der Waals surface area contributed by atoms with Crippen LogP contribution in [0, 0.1) is 0 Å². The molecule has 0 atom stereocenters. The molecule has 0 aliphatic heterocycles. The SMILES string of the molecule is CC(C)N(CCNc1nc(C(Cl)(Cl)Cl)nc2cc(Cl)ccc12)C(C)C.Cl. The van der Waals surface area contributed by atoms with E-state index in [9.17, 15) is 0 Å². The van der Waals surface area contributed by atoms with Crippen molar-refractivity contribution in [3.05, 3.63) is 29.0 Å². The summed E-state index contributed by atoms with van der Waals surface area (Å²) in [4.78, 5) is 11.1. The lowest BCUT2D eigenvalue weighted by Gasteiger charge is -2.30. The molecule has 1 heterocycles. The molecule has 0 aliphatic rings. The number of halogens is 5. The molecule has 0 spiro atoms. The van der Waals surface area contributed by atoms with Gasteiger partial charge in [0.2, 0.25) is 3.79 Å². The molecule has 0 aliphatic carbocycles. The first-order chi connectivity index (χ1) is 11.6.